The van der Waals surface area contributed by atoms with Gasteiger partial charge >= 0.3 is 5.97 Å². The van der Waals surface area contributed by atoms with E-state index in [-0.39, 0.29) is 33.7 Å². The molecule has 0 saturated heterocycles. The molecule has 1 aliphatic carbocycles. The maximum atomic E-state index is 12.5. The second-order valence-electron chi connectivity index (χ2n) is 6.54. The Morgan fingerprint density at radius 1 is 1.31 bits per heavy atom. The number of ether oxygens (including phenoxy) is 1. The third-order valence-corrected chi connectivity index (χ3v) is 6.63. The van der Waals surface area contributed by atoms with Crippen LogP contribution in [0.3, 0.4) is 0 Å². The standard InChI is InChI=1S/C18H23N5O4S2/c1-4-23-15(10-6-7-10)21-22-18(23)28-8-11(24)20-16-12(17(26)27-5-2)9(3)13(29-16)14(19)25/h10H,4-8H2,1-3H3,(H2,19,25)(H,20,24). The van der Waals surface area contributed by atoms with Crippen molar-refractivity contribution in [1.82, 2.24) is 14.8 Å². The van der Waals surface area contributed by atoms with Gasteiger partial charge in [-0.05, 0) is 39.2 Å². The van der Waals surface area contributed by atoms with Crippen molar-refractivity contribution in [2.75, 3.05) is 17.7 Å². The van der Waals surface area contributed by atoms with Gasteiger partial charge in [0.25, 0.3) is 5.91 Å². The Hall–Kier alpha value is -2.40. The molecule has 3 rings (SSSR count). The van der Waals surface area contributed by atoms with E-state index in [1.54, 1.807) is 13.8 Å². The van der Waals surface area contributed by atoms with E-state index < -0.39 is 11.9 Å². The number of thiophene rings is 1. The molecule has 1 fully saturated rings. The number of rotatable bonds is 9. The number of amides is 2. The van der Waals surface area contributed by atoms with Crippen molar-refractivity contribution in [2.24, 2.45) is 5.73 Å². The van der Waals surface area contributed by atoms with Crippen LogP contribution in [0.4, 0.5) is 5.00 Å². The number of hydrogen-bond acceptors (Lipinski definition) is 8. The number of primary amides is 1. The predicted octanol–water partition coefficient (Wildman–Crippen LogP) is 2.55. The van der Waals surface area contributed by atoms with Gasteiger partial charge in [-0.25, -0.2) is 4.79 Å². The minimum Gasteiger partial charge on any atom is -0.462 e. The van der Waals surface area contributed by atoms with Crippen molar-refractivity contribution in [2.45, 2.75) is 51.2 Å². The van der Waals surface area contributed by atoms with Crippen molar-refractivity contribution < 1.29 is 19.1 Å². The molecule has 0 radical (unpaired) electrons. The molecule has 1 aliphatic rings. The molecule has 2 aromatic rings. The molecule has 3 N–H and O–H groups in total. The number of nitrogens with two attached hydrogens (primary N) is 1. The van der Waals surface area contributed by atoms with Crippen LogP contribution in [0.15, 0.2) is 5.16 Å². The summed E-state index contributed by atoms with van der Waals surface area (Å²) in [6.07, 6.45) is 2.25. The number of aromatic nitrogens is 3. The first-order valence-corrected chi connectivity index (χ1v) is 11.1. The number of hydrogen-bond donors (Lipinski definition) is 2. The van der Waals surface area contributed by atoms with E-state index in [9.17, 15) is 14.4 Å². The van der Waals surface area contributed by atoms with Gasteiger partial charge in [-0.2, -0.15) is 0 Å². The fourth-order valence-corrected chi connectivity index (χ4v) is 4.80. The van der Waals surface area contributed by atoms with Gasteiger partial charge in [0.2, 0.25) is 5.91 Å². The van der Waals surface area contributed by atoms with Crippen LogP contribution < -0.4 is 11.1 Å². The molecule has 0 unspecified atom stereocenters. The van der Waals surface area contributed by atoms with Crippen LogP contribution in [-0.2, 0) is 16.1 Å². The number of carbonyl (C=O) groups is 3. The second kappa shape index (κ2) is 8.95. The van der Waals surface area contributed by atoms with E-state index in [2.05, 4.69) is 15.5 Å². The number of carbonyl (C=O) groups excluding carboxylic acids is 3. The van der Waals surface area contributed by atoms with Crippen molar-refractivity contribution in [3.63, 3.8) is 0 Å². The normalized spacial score (nSPS) is 13.3. The maximum absolute atomic E-state index is 12.5. The van der Waals surface area contributed by atoms with Gasteiger partial charge in [0.15, 0.2) is 5.16 Å². The van der Waals surface area contributed by atoms with Crippen LogP contribution in [-0.4, -0.2) is 44.9 Å². The van der Waals surface area contributed by atoms with Crippen molar-refractivity contribution in [1.29, 1.82) is 0 Å². The highest BCUT2D eigenvalue weighted by Gasteiger charge is 2.30. The lowest BCUT2D eigenvalue weighted by molar-refractivity contribution is -0.113. The van der Waals surface area contributed by atoms with Crippen LogP contribution in [0.1, 0.15) is 64.0 Å². The Morgan fingerprint density at radius 2 is 2.03 bits per heavy atom. The van der Waals surface area contributed by atoms with Gasteiger partial charge < -0.3 is 20.4 Å². The maximum Gasteiger partial charge on any atom is 0.341 e. The third kappa shape index (κ3) is 4.61. The number of anilines is 1. The van der Waals surface area contributed by atoms with E-state index in [1.165, 1.54) is 11.8 Å². The van der Waals surface area contributed by atoms with Gasteiger partial charge in [0, 0.05) is 12.5 Å². The Labute approximate surface area is 176 Å². The number of nitrogens with zero attached hydrogens (tertiary/aromatic N) is 3. The van der Waals surface area contributed by atoms with Crippen LogP contribution >= 0.6 is 23.1 Å². The largest absolute Gasteiger partial charge is 0.462 e. The highest BCUT2D eigenvalue weighted by atomic mass is 32.2. The average Bonchev–Trinajstić information content (AvgIpc) is 3.35. The molecule has 11 heteroatoms. The molecule has 2 amide bonds. The number of thioether (sulfide) groups is 1. The third-order valence-electron chi connectivity index (χ3n) is 4.44. The summed E-state index contributed by atoms with van der Waals surface area (Å²) in [5.74, 6) is -0.0444. The van der Waals surface area contributed by atoms with Crippen molar-refractivity contribution in [3.05, 3.63) is 21.8 Å². The Balaban J connectivity index is 1.73. The van der Waals surface area contributed by atoms with Gasteiger partial charge in [-0.1, -0.05) is 11.8 Å². The van der Waals surface area contributed by atoms with E-state index >= 15 is 0 Å². The number of nitrogens with one attached hydrogen (secondary N) is 1. The fourth-order valence-electron chi connectivity index (χ4n) is 2.93. The van der Waals surface area contributed by atoms with Crippen LogP contribution in [0.25, 0.3) is 0 Å². The zero-order valence-electron chi connectivity index (χ0n) is 16.5. The van der Waals surface area contributed by atoms with E-state index in [0.29, 0.717) is 16.6 Å². The van der Waals surface area contributed by atoms with Gasteiger partial charge in [0.05, 0.1) is 22.8 Å². The lowest BCUT2D eigenvalue weighted by Crippen LogP contribution is -2.17. The number of esters is 1. The van der Waals surface area contributed by atoms with Crippen molar-refractivity contribution >= 4 is 45.9 Å². The van der Waals surface area contributed by atoms with Crippen molar-refractivity contribution in [3.8, 4) is 0 Å². The molecule has 0 bridgehead atoms. The molecule has 0 atom stereocenters. The summed E-state index contributed by atoms with van der Waals surface area (Å²) in [6, 6.07) is 0. The fraction of sp³-hybridized carbons (Fsp3) is 0.500. The van der Waals surface area contributed by atoms with Gasteiger partial charge in [-0.15, -0.1) is 21.5 Å². The quantitative estimate of drug-likeness (QED) is 0.455. The monoisotopic (exact) mass is 437 g/mol. The smallest absolute Gasteiger partial charge is 0.341 e. The molecule has 2 heterocycles. The van der Waals surface area contributed by atoms with Crippen LogP contribution in [0, 0.1) is 6.92 Å². The Bertz CT molecular complexity index is 948. The lowest BCUT2D eigenvalue weighted by Gasteiger charge is -2.08. The van der Waals surface area contributed by atoms with E-state index in [1.807, 2.05) is 11.5 Å². The van der Waals surface area contributed by atoms with Crippen LogP contribution in [0.2, 0.25) is 0 Å². The van der Waals surface area contributed by atoms with Crippen LogP contribution in [0.5, 0.6) is 0 Å². The molecule has 156 valence electrons. The minimum absolute atomic E-state index is 0.0912. The highest BCUT2D eigenvalue weighted by Crippen LogP contribution is 2.40. The molecular weight excluding hydrogens is 414 g/mol. The SMILES string of the molecule is CCOC(=O)c1c(NC(=O)CSc2nnc(C3CC3)n2CC)sc(C(N)=O)c1C. The predicted molar refractivity (Wildman–Crippen MR) is 111 cm³/mol. The summed E-state index contributed by atoms with van der Waals surface area (Å²) < 4.78 is 7.08. The molecular formula is C18H23N5O4S2. The summed E-state index contributed by atoms with van der Waals surface area (Å²) in [4.78, 5) is 36.7. The lowest BCUT2D eigenvalue weighted by atomic mass is 10.1. The molecule has 1 saturated carbocycles. The van der Waals surface area contributed by atoms with Gasteiger partial charge in [-0.3, -0.25) is 9.59 Å². The summed E-state index contributed by atoms with van der Waals surface area (Å²) in [5, 5.41) is 12.1. The highest BCUT2D eigenvalue weighted by molar-refractivity contribution is 7.99. The Morgan fingerprint density at radius 3 is 2.62 bits per heavy atom. The summed E-state index contributed by atoms with van der Waals surface area (Å²) >= 11 is 2.25. The first-order chi connectivity index (χ1) is 13.9. The molecule has 0 spiro atoms. The summed E-state index contributed by atoms with van der Waals surface area (Å²) in [6.45, 7) is 6.23. The van der Waals surface area contributed by atoms with E-state index in [0.717, 1.165) is 36.5 Å². The molecule has 29 heavy (non-hydrogen) atoms. The average molecular weight is 438 g/mol. The topological polar surface area (TPSA) is 129 Å². The molecule has 2 aromatic heterocycles. The Kier molecular flexibility index (Phi) is 6.58. The molecule has 9 nitrogen and oxygen atoms in total. The zero-order valence-corrected chi connectivity index (χ0v) is 18.1. The van der Waals surface area contributed by atoms with Gasteiger partial charge in [0.1, 0.15) is 10.8 Å². The first-order valence-electron chi connectivity index (χ1n) is 9.33. The zero-order chi connectivity index (χ0) is 21.1. The molecule has 0 aliphatic heterocycles. The second-order valence-corrected chi connectivity index (χ2v) is 8.50. The minimum atomic E-state index is -0.656. The first kappa shape index (κ1) is 21.3. The van der Waals surface area contributed by atoms with E-state index in [4.69, 9.17) is 10.5 Å². The summed E-state index contributed by atoms with van der Waals surface area (Å²) in [7, 11) is 0. The molecule has 0 aromatic carbocycles. The summed E-state index contributed by atoms with van der Waals surface area (Å²) in [5.41, 5.74) is 5.95.